The van der Waals surface area contributed by atoms with Crippen molar-refractivity contribution in [2.45, 2.75) is 6.92 Å². The Balaban J connectivity index is 1.85. The SMILES string of the molecule is Cc1ccc(Oc2cc(F)cc(F)c2)nc1Oc1ccnc(Cl)c1. The smallest absolute Gasteiger partial charge is 0.225 e. The van der Waals surface area contributed by atoms with Gasteiger partial charge < -0.3 is 9.47 Å². The Labute approximate surface area is 141 Å². The van der Waals surface area contributed by atoms with Crippen molar-refractivity contribution in [3.8, 4) is 23.3 Å². The van der Waals surface area contributed by atoms with Crippen molar-refractivity contribution in [1.29, 1.82) is 0 Å². The number of hydrogen-bond acceptors (Lipinski definition) is 4. The van der Waals surface area contributed by atoms with Gasteiger partial charge in [-0.3, -0.25) is 0 Å². The van der Waals surface area contributed by atoms with E-state index >= 15 is 0 Å². The fraction of sp³-hybridized carbons (Fsp3) is 0.0588. The van der Waals surface area contributed by atoms with E-state index in [-0.39, 0.29) is 22.7 Å². The second kappa shape index (κ2) is 6.80. The van der Waals surface area contributed by atoms with E-state index in [1.54, 1.807) is 25.1 Å². The first-order chi connectivity index (χ1) is 11.5. The van der Waals surface area contributed by atoms with Crippen LogP contribution in [0.1, 0.15) is 5.56 Å². The first kappa shape index (κ1) is 16.1. The predicted molar refractivity (Wildman–Crippen MR) is 84.7 cm³/mol. The van der Waals surface area contributed by atoms with Gasteiger partial charge in [0.2, 0.25) is 11.8 Å². The molecule has 0 radical (unpaired) electrons. The first-order valence-electron chi connectivity index (χ1n) is 6.90. The Morgan fingerprint density at radius 3 is 2.38 bits per heavy atom. The summed E-state index contributed by atoms with van der Waals surface area (Å²) >= 11 is 5.81. The molecule has 3 rings (SSSR count). The van der Waals surface area contributed by atoms with Gasteiger partial charge in [0, 0.05) is 42.1 Å². The number of nitrogens with zero attached hydrogens (tertiary/aromatic N) is 2. The summed E-state index contributed by atoms with van der Waals surface area (Å²) in [6.45, 7) is 1.80. The van der Waals surface area contributed by atoms with Crippen molar-refractivity contribution < 1.29 is 18.3 Å². The standard InChI is InChI=1S/C17H11ClF2N2O2/c1-10-2-3-16(23-14-7-11(19)6-12(20)8-14)22-17(10)24-13-4-5-21-15(18)9-13/h2-9H,1H3. The van der Waals surface area contributed by atoms with Gasteiger partial charge in [0.25, 0.3) is 0 Å². The molecule has 0 aliphatic carbocycles. The average molecular weight is 349 g/mol. The van der Waals surface area contributed by atoms with Crippen molar-refractivity contribution in [2.75, 3.05) is 0 Å². The monoisotopic (exact) mass is 348 g/mol. The first-order valence-corrected chi connectivity index (χ1v) is 7.28. The Morgan fingerprint density at radius 1 is 0.917 bits per heavy atom. The lowest BCUT2D eigenvalue weighted by Gasteiger charge is -2.10. The molecule has 24 heavy (non-hydrogen) atoms. The Kier molecular flexibility index (Phi) is 4.57. The highest BCUT2D eigenvalue weighted by Crippen LogP contribution is 2.28. The van der Waals surface area contributed by atoms with Gasteiger partial charge >= 0.3 is 0 Å². The third-order valence-corrected chi connectivity index (χ3v) is 3.20. The van der Waals surface area contributed by atoms with E-state index in [4.69, 9.17) is 21.1 Å². The van der Waals surface area contributed by atoms with E-state index in [2.05, 4.69) is 9.97 Å². The third kappa shape index (κ3) is 3.97. The summed E-state index contributed by atoms with van der Waals surface area (Å²) in [6, 6.07) is 9.35. The van der Waals surface area contributed by atoms with Crippen LogP contribution < -0.4 is 9.47 Å². The Bertz CT molecular complexity index is 870. The second-order valence-corrected chi connectivity index (χ2v) is 5.28. The van der Waals surface area contributed by atoms with E-state index in [0.29, 0.717) is 5.75 Å². The van der Waals surface area contributed by atoms with Crippen LogP contribution in [-0.4, -0.2) is 9.97 Å². The number of ether oxygens (including phenoxy) is 2. The van der Waals surface area contributed by atoms with E-state index in [9.17, 15) is 8.78 Å². The zero-order valence-corrected chi connectivity index (χ0v) is 13.2. The molecular weight excluding hydrogens is 338 g/mol. The number of halogens is 3. The van der Waals surface area contributed by atoms with E-state index in [1.807, 2.05) is 0 Å². The number of aryl methyl sites for hydroxylation is 1. The van der Waals surface area contributed by atoms with Gasteiger partial charge in [-0.2, -0.15) is 4.98 Å². The van der Waals surface area contributed by atoms with Gasteiger partial charge in [-0.15, -0.1) is 0 Å². The van der Waals surface area contributed by atoms with Crippen molar-refractivity contribution in [2.24, 2.45) is 0 Å². The fourth-order valence-electron chi connectivity index (χ4n) is 1.92. The minimum atomic E-state index is -0.736. The van der Waals surface area contributed by atoms with Crippen LogP contribution in [0.15, 0.2) is 48.7 Å². The van der Waals surface area contributed by atoms with Gasteiger partial charge in [0.1, 0.15) is 28.3 Å². The van der Waals surface area contributed by atoms with Crippen LogP contribution in [-0.2, 0) is 0 Å². The molecule has 3 aromatic rings. The lowest BCUT2D eigenvalue weighted by molar-refractivity contribution is 0.419. The molecule has 0 aliphatic heterocycles. The molecule has 122 valence electrons. The maximum Gasteiger partial charge on any atom is 0.225 e. The van der Waals surface area contributed by atoms with Gasteiger partial charge in [0.15, 0.2) is 0 Å². The highest BCUT2D eigenvalue weighted by molar-refractivity contribution is 6.29. The van der Waals surface area contributed by atoms with Crippen LogP contribution in [0.5, 0.6) is 23.3 Å². The molecule has 0 spiro atoms. The lowest BCUT2D eigenvalue weighted by Crippen LogP contribution is -1.95. The molecule has 2 heterocycles. The Hall–Kier alpha value is -2.73. The van der Waals surface area contributed by atoms with Crippen LogP contribution in [0.4, 0.5) is 8.78 Å². The highest BCUT2D eigenvalue weighted by atomic mass is 35.5. The lowest BCUT2D eigenvalue weighted by atomic mass is 10.3. The fourth-order valence-corrected chi connectivity index (χ4v) is 2.09. The molecule has 0 N–H and O–H groups in total. The second-order valence-electron chi connectivity index (χ2n) is 4.90. The minimum Gasteiger partial charge on any atom is -0.439 e. The molecular formula is C17H11ClF2N2O2. The van der Waals surface area contributed by atoms with Crippen LogP contribution in [0, 0.1) is 18.6 Å². The van der Waals surface area contributed by atoms with E-state index in [0.717, 1.165) is 23.8 Å². The summed E-state index contributed by atoms with van der Waals surface area (Å²) in [5.41, 5.74) is 0.751. The molecule has 0 saturated heterocycles. The zero-order valence-electron chi connectivity index (χ0n) is 12.5. The topological polar surface area (TPSA) is 44.2 Å². The van der Waals surface area contributed by atoms with Gasteiger partial charge in [0.05, 0.1) is 0 Å². The van der Waals surface area contributed by atoms with Crippen LogP contribution in [0.2, 0.25) is 5.15 Å². The number of aromatic nitrogens is 2. The molecule has 0 fully saturated rings. The summed E-state index contributed by atoms with van der Waals surface area (Å²) in [7, 11) is 0. The molecule has 0 saturated carbocycles. The van der Waals surface area contributed by atoms with Gasteiger partial charge in [-0.25, -0.2) is 13.8 Å². The van der Waals surface area contributed by atoms with E-state index in [1.165, 1.54) is 12.3 Å². The minimum absolute atomic E-state index is 0.00163. The molecule has 7 heteroatoms. The highest BCUT2D eigenvalue weighted by Gasteiger charge is 2.09. The van der Waals surface area contributed by atoms with Gasteiger partial charge in [-0.1, -0.05) is 11.6 Å². The van der Waals surface area contributed by atoms with Crippen LogP contribution in [0.3, 0.4) is 0 Å². The zero-order chi connectivity index (χ0) is 17.1. The van der Waals surface area contributed by atoms with Crippen LogP contribution in [0.25, 0.3) is 0 Å². The quantitative estimate of drug-likeness (QED) is 0.600. The summed E-state index contributed by atoms with van der Waals surface area (Å²) < 4.78 is 37.5. The molecule has 0 bridgehead atoms. The maximum atomic E-state index is 13.2. The molecule has 0 unspecified atom stereocenters. The largest absolute Gasteiger partial charge is 0.439 e. The summed E-state index contributed by atoms with van der Waals surface area (Å²) in [4.78, 5) is 8.06. The summed E-state index contributed by atoms with van der Waals surface area (Å²) in [5.74, 6) is -0.589. The number of hydrogen-bond donors (Lipinski definition) is 0. The summed E-state index contributed by atoms with van der Waals surface area (Å²) in [6.07, 6.45) is 1.50. The molecule has 2 aromatic heterocycles. The maximum absolute atomic E-state index is 13.2. The van der Waals surface area contributed by atoms with E-state index < -0.39 is 11.6 Å². The molecule has 0 amide bonds. The molecule has 1 aromatic carbocycles. The van der Waals surface area contributed by atoms with Gasteiger partial charge in [-0.05, 0) is 19.1 Å². The molecule has 0 aliphatic rings. The van der Waals surface area contributed by atoms with Crippen molar-refractivity contribution in [3.05, 3.63) is 71.0 Å². The van der Waals surface area contributed by atoms with Crippen molar-refractivity contribution in [1.82, 2.24) is 9.97 Å². The predicted octanol–water partition coefficient (Wildman–Crippen LogP) is 5.30. The third-order valence-electron chi connectivity index (χ3n) is 3.00. The number of benzene rings is 1. The number of rotatable bonds is 4. The van der Waals surface area contributed by atoms with Crippen LogP contribution >= 0.6 is 11.6 Å². The summed E-state index contributed by atoms with van der Waals surface area (Å²) in [5, 5.41) is 0.285. The normalized spacial score (nSPS) is 10.5. The Morgan fingerprint density at radius 2 is 1.67 bits per heavy atom. The average Bonchev–Trinajstić information content (AvgIpc) is 2.50. The molecule has 4 nitrogen and oxygen atoms in total. The number of pyridine rings is 2. The van der Waals surface area contributed by atoms with Crippen molar-refractivity contribution in [3.63, 3.8) is 0 Å². The van der Waals surface area contributed by atoms with Crippen molar-refractivity contribution >= 4 is 11.6 Å². The molecule has 0 atom stereocenters.